The van der Waals surface area contributed by atoms with Crippen LogP contribution in [0, 0.1) is 16.0 Å². The van der Waals surface area contributed by atoms with Crippen molar-refractivity contribution in [3.8, 4) is 0 Å². The van der Waals surface area contributed by atoms with Crippen LogP contribution in [0.2, 0.25) is 0 Å². The number of benzene rings is 1. The van der Waals surface area contributed by atoms with Gasteiger partial charge in [-0.3, -0.25) is 14.9 Å². The number of nitrogens with zero attached hydrogens (tertiary/aromatic N) is 2. The Balaban J connectivity index is 2.08. The van der Waals surface area contributed by atoms with Crippen LogP contribution in [0.1, 0.15) is 19.3 Å². The van der Waals surface area contributed by atoms with Crippen LogP contribution in [-0.4, -0.2) is 23.9 Å². The number of hydrogen-bond acceptors (Lipinski definition) is 4. The number of rotatable bonds is 3. The van der Waals surface area contributed by atoms with Gasteiger partial charge in [0.25, 0.3) is 5.69 Å². The number of non-ortho nitro benzene ring substituents is 1. The number of nitrogens with two attached hydrogens (primary N) is 1. The van der Waals surface area contributed by atoms with Crippen molar-refractivity contribution in [1.29, 1.82) is 0 Å². The molecule has 2 unspecified atom stereocenters. The van der Waals surface area contributed by atoms with E-state index in [1.807, 2.05) is 0 Å². The van der Waals surface area contributed by atoms with Crippen molar-refractivity contribution in [2.45, 2.75) is 25.3 Å². The fourth-order valence-electron chi connectivity index (χ4n) is 2.44. The fourth-order valence-corrected chi connectivity index (χ4v) is 2.44. The maximum atomic E-state index is 12.2. The first-order valence-corrected chi connectivity index (χ1v) is 6.26. The van der Waals surface area contributed by atoms with E-state index in [4.69, 9.17) is 5.73 Å². The Morgan fingerprint density at radius 3 is 2.47 bits per heavy atom. The monoisotopic (exact) mass is 263 g/mol. The predicted molar refractivity (Wildman–Crippen MR) is 71.8 cm³/mol. The minimum atomic E-state index is -0.457. The Bertz CT molecular complexity index is 486. The summed E-state index contributed by atoms with van der Waals surface area (Å²) in [5, 5.41) is 10.6. The minimum absolute atomic E-state index is 0.0208. The highest BCUT2D eigenvalue weighted by Gasteiger charge is 2.30. The largest absolute Gasteiger partial charge is 0.328 e. The highest BCUT2D eigenvalue weighted by Crippen LogP contribution is 2.28. The molecule has 19 heavy (non-hydrogen) atoms. The van der Waals surface area contributed by atoms with Crippen LogP contribution in [0.25, 0.3) is 0 Å². The van der Waals surface area contributed by atoms with E-state index in [0.29, 0.717) is 5.69 Å². The summed E-state index contributed by atoms with van der Waals surface area (Å²) in [6.45, 7) is 0. The van der Waals surface area contributed by atoms with Crippen LogP contribution >= 0.6 is 0 Å². The molecule has 1 fully saturated rings. The Labute approximate surface area is 111 Å². The molecule has 2 atom stereocenters. The van der Waals surface area contributed by atoms with Gasteiger partial charge in [-0.1, -0.05) is 0 Å². The summed E-state index contributed by atoms with van der Waals surface area (Å²) in [5.41, 5.74) is 6.49. The van der Waals surface area contributed by atoms with E-state index >= 15 is 0 Å². The first kappa shape index (κ1) is 13.5. The summed E-state index contributed by atoms with van der Waals surface area (Å²) in [7, 11) is 1.69. The van der Waals surface area contributed by atoms with Crippen molar-refractivity contribution < 1.29 is 9.72 Å². The van der Waals surface area contributed by atoms with Crippen LogP contribution < -0.4 is 10.6 Å². The van der Waals surface area contributed by atoms with E-state index in [2.05, 4.69) is 0 Å². The summed E-state index contributed by atoms with van der Waals surface area (Å²) in [4.78, 5) is 23.9. The van der Waals surface area contributed by atoms with Crippen molar-refractivity contribution in [3.63, 3.8) is 0 Å². The van der Waals surface area contributed by atoms with E-state index in [9.17, 15) is 14.9 Å². The Kier molecular flexibility index (Phi) is 3.80. The average molecular weight is 263 g/mol. The smallest absolute Gasteiger partial charge is 0.269 e. The third-order valence-corrected chi connectivity index (χ3v) is 3.60. The number of nitro benzene ring substituents is 1. The van der Waals surface area contributed by atoms with Crippen LogP contribution in [-0.2, 0) is 4.79 Å². The average Bonchev–Trinajstić information content (AvgIpc) is 2.84. The van der Waals surface area contributed by atoms with Gasteiger partial charge in [0.05, 0.1) is 4.92 Å². The van der Waals surface area contributed by atoms with Gasteiger partial charge in [-0.25, -0.2) is 0 Å². The van der Waals surface area contributed by atoms with Gasteiger partial charge >= 0.3 is 0 Å². The highest BCUT2D eigenvalue weighted by atomic mass is 16.6. The van der Waals surface area contributed by atoms with Gasteiger partial charge < -0.3 is 10.6 Å². The first-order chi connectivity index (χ1) is 8.99. The lowest BCUT2D eigenvalue weighted by atomic mass is 10.1. The molecular weight excluding hydrogens is 246 g/mol. The standard InChI is InChI=1S/C13H17N3O3/c1-15(13(17)9-2-3-10(14)8-9)11-4-6-12(7-5-11)16(18)19/h4-7,9-10H,2-3,8,14H2,1H3. The molecule has 6 heteroatoms. The first-order valence-electron chi connectivity index (χ1n) is 6.26. The normalized spacial score (nSPS) is 22.2. The second-order valence-electron chi connectivity index (χ2n) is 4.94. The zero-order chi connectivity index (χ0) is 14.0. The summed E-state index contributed by atoms with van der Waals surface area (Å²) in [6, 6.07) is 6.09. The van der Waals surface area contributed by atoms with Crippen molar-refractivity contribution in [1.82, 2.24) is 0 Å². The summed E-state index contributed by atoms with van der Waals surface area (Å²) >= 11 is 0. The molecule has 1 amide bonds. The lowest BCUT2D eigenvalue weighted by Gasteiger charge is -2.21. The van der Waals surface area contributed by atoms with Gasteiger partial charge in [0.1, 0.15) is 0 Å². The summed E-state index contributed by atoms with van der Waals surface area (Å²) in [6.07, 6.45) is 2.41. The van der Waals surface area contributed by atoms with Crippen LogP contribution in [0.4, 0.5) is 11.4 Å². The number of amides is 1. The Morgan fingerprint density at radius 2 is 2.00 bits per heavy atom. The molecular formula is C13H17N3O3. The molecule has 1 aromatic rings. The number of carbonyl (C=O) groups excluding carboxylic acids is 1. The molecule has 0 bridgehead atoms. The van der Waals surface area contributed by atoms with Crippen molar-refractivity contribution in [2.24, 2.45) is 11.7 Å². The van der Waals surface area contributed by atoms with Gasteiger partial charge in [0.15, 0.2) is 0 Å². The topological polar surface area (TPSA) is 89.5 Å². The van der Waals surface area contributed by atoms with E-state index in [1.165, 1.54) is 12.1 Å². The molecule has 0 radical (unpaired) electrons. The molecule has 1 saturated carbocycles. The molecule has 102 valence electrons. The van der Waals surface area contributed by atoms with E-state index in [1.54, 1.807) is 24.1 Å². The zero-order valence-corrected chi connectivity index (χ0v) is 10.8. The molecule has 0 spiro atoms. The molecule has 2 N–H and O–H groups in total. The summed E-state index contributed by atoms with van der Waals surface area (Å²) in [5.74, 6) is -0.00278. The van der Waals surface area contributed by atoms with Crippen LogP contribution in [0.5, 0.6) is 0 Å². The molecule has 0 aliphatic heterocycles. The van der Waals surface area contributed by atoms with Gasteiger partial charge in [0.2, 0.25) is 5.91 Å². The third-order valence-electron chi connectivity index (χ3n) is 3.60. The third kappa shape index (κ3) is 2.90. The molecule has 0 heterocycles. The Hall–Kier alpha value is -1.95. The highest BCUT2D eigenvalue weighted by molar-refractivity contribution is 5.94. The molecule has 1 aliphatic carbocycles. The van der Waals surface area contributed by atoms with Crippen LogP contribution in [0.3, 0.4) is 0 Å². The second kappa shape index (κ2) is 5.36. The molecule has 0 aromatic heterocycles. The lowest BCUT2D eigenvalue weighted by Crippen LogP contribution is -2.32. The number of carbonyl (C=O) groups is 1. The Morgan fingerprint density at radius 1 is 1.37 bits per heavy atom. The maximum absolute atomic E-state index is 12.2. The van der Waals surface area contributed by atoms with Crippen LogP contribution in [0.15, 0.2) is 24.3 Å². The molecule has 2 rings (SSSR count). The van der Waals surface area contributed by atoms with Crippen molar-refractivity contribution in [3.05, 3.63) is 34.4 Å². The van der Waals surface area contributed by atoms with Crippen molar-refractivity contribution >= 4 is 17.3 Å². The number of hydrogen-bond donors (Lipinski definition) is 1. The second-order valence-corrected chi connectivity index (χ2v) is 4.94. The van der Waals surface area contributed by atoms with Gasteiger partial charge in [0, 0.05) is 36.8 Å². The van der Waals surface area contributed by atoms with Gasteiger partial charge in [-0.2, -0.15) is 0 Å². The van der Waals surface area contributed by atoms with Gasteiger partial charge in [-0.05, 0) is 31.4 Å². The molecule has 6 nitrogen and oxygen atoms in total. The number of anilines is 1. The van der Waals surface area contributed by atoms with E-state index < -0.39 is 4.92 Å². The van der Waals surface area contributed by atoms with Crippen molar-refractivity contribution in [2.75, 3.05) is 11.9 Å². The lowest BCUT2D eigenvalue weighted by molar-refractivity contribution is -0.384. The fraction of sp³-hybridized carbons (Fsp3) is 0.462. The zero-order valence-electron chi connectivity index (χ0n) is 10.8. The molecule has 1 aromatic carbocycles. The van der Waals surface area contributed by atoms with E-state index in [-0.39, 0.29) is 23.6 Å². The quantitative estimate of drug-likeness (QED) is 0.663. The van der Waals surface area contributed by atoms with Gasteiger partial charge in [-0.15, -0.1) is 0 Å². The number of nitro groups is 1. The SMILES string of the molecule is CN(C(=O)C1CCC(N)C1)c1ccc([N+](=O)[O-])cc1. The molecule has 0 saturated heterocycles. The predicted octanol–water partition coefficient (Wildman–Crippen LogP) is 1.68. The summed E-state index contributed by atoms with van der Waals surface area (Å²) < 4.78 is 0. The maximum Gasteiger partial charge on any atom is 0.269 e. The van der Waals surface area contributed by atoms with E-state index in [0.717, 1.165) is 19.3 Å². The molecule has 1 aliphatic rings. The minimum Gasteiger partial charge on any atom is -0.328 e.